The molecular weight excluding hydrogens is 360 g/mol. The van der Waals surface area contributed by atoms with Gasteiger partial charge in [-0.1, -0.05) is 56.3 Å². The van der Waals surface area contributed by atoms with Crippen LogP contribution in [0.3, 0.4) is 0 Å². The number of nitro groups is 1. The topological polar surface area (TPSA) is 105 Å². The van der Waals surface area contributed by atoms with Gasteiger partial charge in [0.15, 0.2) is 0 Å². The van der Waals surface area contributed by atoms with Gasteiger partial charge in [0.25, 0.3) is 11.6 Å². The molecule has 1 atom stereocenters. The third-order valence-electron chi connectivity index (χ3n) is 4.88. The molecule has 1 aliphatic heterocycles. The first kappa shape index (κ1) is 19.2. The van der Waals surface area contributed by atoms with Crippen molar-refractivity contribution in [1.82, 2.24) is 10.3 Å². The summed E-state index contributed by atoms with van der Waals surface area (Å²) in [5, 5.41) is 18.7. The Morgan fingerprint density at radius 2 is 1.89 bits per heavy atom. The Kier molecular flexibility index (Phi) is 5.21. The number of urea groups is 1. The zero-order valence-corrected chi connectivity index (χ0v) is 15.6. The smallest absolute Gasteiger partial charge is 0.318 e. The number of benzene rings is 2. The average molecular weight is 380 g/mol. The van der Waals surface area contributed by atoms with Crippen LogP contribution in [0.4, 0.5) is 10.5 Å². The number of imide groups is 1. The van der Waals surface area contributed by atoms with Gasteiger partial charge in [0, 0.05) is 17.2 Å². The van der Waals surface area contributed by atoms with Gasteiger partial charge in [0.1, 0.15) is 5.54 Å². The molecule has 0 aliphatic carbocycles. The van der Waals surface area contributed by atoms with Crippen molar-refractivity contribution in [2.75, 3.05) is 0 Å². The highest BCUT2D eigenvalue weighted by Gasteiger charge is 2.51. The van der Waals surface area contributed by atoms with E-state index in [0.717, 1.165) is 5.01 Å². The standard InChI is InChI=1S/C20H20N4O4/c1-3-15-11-10-14(12-17(15)24(27)28)13-21-23-18(25)20(4-2,22-19(23)26)16-8-6-5-7-9-16/h5-13H,3-4H2,1-2H3,(H,22,26)/b21-13-/t20-/m0/s1. The fraction of sp³-hybridized carbons (Fsp3) is 0.250. The Hall–Kier alpha value is -3.55. The summed E-state index contributed by atoms with van der Waals surface area (Å²) in [5.74, 6) is -0.484. The van der Waals surface area contributed by atoms with Gasteiger partial charge in [-0.3, -0.25) is 14.9 Å². The SMILES string of the molecule is CCc1ccc(/C=N\N2C(=O)N[C@@](CC)(c3ccccc3)C2=O)cc1[N+](=O)[O-]. The quantitative estimate of drug-likeness (QED) is 0.359. The predicted molar refractivity (Wildman–Crippen MR) is 104 cm³/mol. The summed E-state index contributed by atoms with van der Waals surface area (Å²) >= 11 is 0. The zero-order valence-electron chi connectivity index (χ0n) is 15.6. The Morgan fingerprint density at radius 3 is 2.50 bits per heavy atom. The number of nitro benzene ring substituents is 1. The molecule has 0 bridgehead atoms. The van der Waals surface area contributed by atoms with E-state index in [1.165, 1.54) is 12.3 Å². The van der Waals surface area contributed by atoms with E-state index < -0.39 is 22.4 Å². The number of aryl methyl sites for hydroxylation is 1. The Morgan fingerprint density at radius 1 is 1.18 bits per heavy atom. The van der Waals surface area contributed by atoms with Crippen LogP contribution in [0.2, 0.25) is 0 Å². The molecule has 3 rings (SSSR count). The molecule has 8 nitrogen and oxygen atoms in total. The maximum absolute atomic E-state index is 13.0. The minimum atomic E-state index is -1.17. The van der Waals surface area contributed by atoms with Crippen LogP contribution in [0.25, 0.3) is 0 Å². The van der Waals surface area contributed by atoms with E-state index in [9.17, 15) is 19.7 Å². The summed E-state index contributed by atoms with van der Waals surface area (Å²) < 4.78 is 0. The van der Waals surface area contributed by atoms with E-state index in [4.69, 9.17) is 0 Å². The molecule has 1 heterocycles. The van der Waals surface area contributed by atoms with E-state index in [0.29, 0.717) is 29.5 Å². The van der Waals surface area contributed by atoms with E-state index in [1.807, 2.05) is 19.9 Å². The van der Waals surface area contributed by atoms with Crippen molar-refractivity contribution in [3.8, 4) is 0 Å². The van der Waals surface area contributed by atoms with Crippen molar-refractivity contribution in [2.24, 2.45) is 5.10 Å². The van der Waals surface area contributed by atoms with Gasteiger partial charge >= 0.3 is 6.03 Å². The summed E-state index contributed by atoms with van der Waals surface area (Å²) in [5.41, 5.74) is 0.519. The van der Waals surface area contributed by atoms with E-state index in [2.05, 4.69) is 10.4 Å². The molecule has 8 heteroatoms. The van der Waals surface area contributed by atoms with Crippen LogP contribution in [0.1, 0.15) is 37.0 Å². The second-order valence-corrected chi connectivity index (χ2v) is 6.42. The normalized spacial score (nSPS) is 19.3. The molecule has 0 unspecified atom stereocenters. The lowest BCUT2D eigenvalue weighted by Crippen LogP contribution is -2.43. The number of rotatable bonds is 6. The van der Waals surface area contributed by atoms with Crippen LogP contribution in [0.15, 0.2) is 53.6 Å². The minimum Gasteiger partial charge on any atom is -0.318 e. The lowest BCUT2D eigenvalue weighted by atomic mass is 9.87. The minimum absolute atomic E-state index is 0.0177. The lowest BCUT2D eigenvalue weighted by Gasteiger charge is -2.24. The number of hydrazone groups is 1. The van der Waals surface area contributed by atoms with Gasteiger partial charge in [-0.2, -0.15) is 5.10 Å². The van der Waals surface area contributed by atoms with Crippen LogP contribution in [-0.4, -0.2) is 28.1 Å². The molecule has 0 radical (unpaired) electrons. The van der Waals surface area contributed by atoms with Gasteiger partial charge in [-0.25, -0.2) is 4.79 Å². The maximum atomic E-state index is 13.0. The van der Waals surface area contributed by atoms with Crippen molar-refractivity contribution in [1.29, 1.82) is 0 Å². The highest BCUT2D eigenvalue weighted by molar-refractivity contribution is 6.07. The summed E-state index contributed by atoms with van der Waals surface area (Å²) in [6, 6.07) is 13.0. The maximum Gasteiger partial charge on any atom is 0.346 e. The molecule has 144 valence electrons. The highest BCUT2D eigenvalue weighted by Crippen LogP contribution is 2.32. The van der Waals surface area contributed by atoms with Crippen LogP contribution in [-0.2, 0) is 16.8 Å². The molecule has 0 aromatic heterocycles. The number of hydrogen-bond acceptors (Lipinski definition) is 5. The number of amides is 3. The van der Waals surface area contributed by atoms with Crippen molar-refractivity contribution in [3.63, 3.8) is 0 Å². The molecule has 0 saturated carbocycles. The van der Waals surface area contributed by atoms with E-state index in [-0.39, 0.29) is 5.69 Å². The van der Waals surface area contributed by atoms with Gasteiger partial charge in [0.05, 0.1) is 11.1 Å². The second-order valence-electron chi connectivity index (χ2n) is 6.42. The molecule has 2 aromatic rings. The first-order valence-corrected chi connectivity index (χ1v) is 8.96. The summed E-state index contributed by atoms with van der Waals surface area (Å²) in [6.07, 6.45) is 2.17. The molecule has 28 heavy (non-hydrogen) atoms. The van der Waals surface area contributed by atoms with Crippen LogP contribution < -0.4 is 5.32 Å². The summed E-state index contributed by atoms with van der Waals surface area (Å²) in [4.78, 5) is 36.1. The first-order valence-electron chi connectivity index (χ1n) is 8.96. The Bertz CT molecular complexity index is 958. The zero-order chi connectivity index (χ0) is 20.3. The molecule has 1 N–H and O–H groups in total. The number of hydrogen-bond donors (Lipinski definition) is 1. The third-order valence-corrected chi connectivity index (χ3v) is 4.88. The molecule has 1 saturated heterocycles. The van der Waals surface area contributed by atoms with Crippen LogP contribution in [0.5, 0.6) is 0 Å². The predicted octanol–water partition coefficient (Wildman–Crippen LogP) is 3.35. The van der Waals surface area contributed by atoms with Gasteiger partial charge in [0.2, 0.25) is 0 Å². The molecule has 3 amide bonds. The highest BCUT2D eigenvalue weighted by atomic mass is 16.6. The van der Waals surface area contributed by atoms with Crippen molar-refractivity contribution in [2.45, 2.75) is 32.2 Å². The summed E-state index contributed by atoms with van der Waals surface area (Å²) in [7, 11) is 0. The lowest BCUT2D eigenvalue weighted by molar-refractivity contribution is -0.385. The number of carbonyl (C=O) groups excluding carboxylic acids is 2. The molecule has 1 aliphatic rings. The van der Waals surface area contributed by atoms with Crippen LogP contribution >= 0.6 is 0 Å². The monoisotopic (exact) mass is 380 g/mol. The number of nitrogens with one attached hydrogen (secondary N) is 1. The fourth-order valence-electron chi connectivity index (χ4n) is 3.28. The fourth-order valence-corrected chi connectivity index (χ4v) is 3.28. The van der Waals surface area contributed by atoms with Gasteiger partial charge < -0.3 is 5.32 Å². The Balaban J connectivity index is 1.91. The van der Waals surface area contributed by atoms with Gasteiger partial charge in [-0.15, -0.1) is 5.01 Å². The molecular formula is C20H20N4O4. The van der Waals surface area contributed by atoms with Crippen LogP contribution in [0, 0.1) is 10.1 Å². The van der Waals surface area contributed by atoms with Crippen molar-refractivity contribution >= 4 is 23.8 Å². The summed E-state index contributed by atoms with van der Waals surface area (Å²) in [6.45, 7) is 3.64. The molecule has 0 spiro atoms. The third kappa shape index (κ3) is 3.24. The average Bonchev–Trinajstić information content (AvgIpc) is 2.97. The molecule has 2 aromatic carbocycles. The van der Waals surface area contributed by atoms with E-state index >= 15 is 0 Å². The molecule has 1 fully saturated rings. The number of nitrogens with zero attached hydrogens (tertiary/aromatic N) is 3. The van der Waals surface area contributed by atoms with Crippen molar-refractivity contribution < 1.29 is 14.5 Å². The second kappa shape index (κ2) is 7.59. The van der Waals surface area contributed by atoms with Crippen molar-refractivity contribution in [3.05, 3.63) is 75.3 Å². The largest absolute Gasteiger partial charge is 0.346 e. The number of carbonyl (C=O) groups is 2. The Labute approximate surface area is 162 Å². The first-order chi connectivity index (χ1) is 13.4. The van der Waals surface area contributed by atoms with Gasteiger partial charge in [-0.05, 0) is 18.4 Å². The van der Waals surface area contributed by atoms with E-state index in [1.54, 1.807) is 36.4 Å².